The van der Waals surface area contributed by atoms with Crippen LogP contribution in [0, 0.1) is 6.92 Å². The Hall–Kier alpha value is -1.65. The first-order chi connectivity index (χ1) is 7.00. The molecule has 0 aliphatic rings. The van der Waals surface area contributed by atoms with Crippen LogP contribution in [0.2, 0.25) is 0 Å². The van der Waals surface area contributed by atoms with Crippen LogP contribution in [-0.4, -0.2) is 18.9 Å². The van der Waals surface area contributed by atoms with Crippen LogP contribution in [0.1, 0.15) is 15.9 Å². The van der Waals surface area contributed by atoms with Crippen molar-refractivity contribution >= 4 is 11.6 Å². The summed E-state index contributed by atoms with van der Waals surface area (Å²) in [6, 6.07) is 4.89. The van der Waals surface area contributed by atoms with Crippen LogP contribution in [0.3, 0.4) is 0 Å². The maximum absolute atomic E-state index is 11.8. The number of carbonyl (C=O) groups is 1. The number of halogens is 2. The summed E-state index contributed by atoms with van der Waals surface area (Å²) in [5, 5.41) is 2.10. The molecule has 0 fully saturated rings. The van der Waals surface area contributed by atoms with Gasteiger partial charge in [-0.2, -0.15) is 0 Å². The Morgan fingerprint density at radius 3 is 2.80 bits per heavy atom. The van der Waals surface area contributed by atoms with Crippen LogP contribution in [0.25, 0.3) is 0 Å². The van der Waals surface area contributed by atoms with Gasteiger partial charge in [0.2, 0.25) is 0 Å². The quantitative estimate of drug-likeness (QED) is 0.750. The maximum Gasteiger partial charge on any atom is 0.255 e. The number of amides is 1. The average molecular weight is 214 g/mol. The Balaban J connectivity index is 2.77. The molecule has 3 nitrogen and oxygen atoms in total. The molecule has 0 bridgehead atoms. The van der Waals surface area contributed by atoms with E-state index in [0.29, 0.717) is 0 Å². The lowest BCUT2D eigenvalue weighted by Gasteiger charge is -2.07. The van der Waals surface area contributed by atoms with E-state index in [-0.39, 0.29) is 11.3 Å². The van der Waals surface area contributed by atoms with E-state index in [0.717, 1.165) is 5.56 Å². The van der Waals surface area contributed by atoms with E-state index in [1.165, 1.54) is 0 Å². The van der Waals surface area contributed by atoms with Crippen LogP contribution >= 0.6 is 0 Å². The number of nitrogens with two attached hydrogens (primary N) is 1. The largest absolute Gasteiger partial charge is 0.398 e. The first-order valence-electron chi connectivity index (χ1n) is 4.43. The fraction of sp³-hybridized carbons (Fsp3) is 0.300. The molecule has 1 amide bonds. The molecule has 1 rings (SSSR count). The van der Waals surface area contributed by atoms with Gasteiger partial charge in [0.05, 0.1) is 12.1 Å². The number of nitrogen functional groups attached to an aromatic ring is 1. The Morgan fingerprint density at radius 2 is 2.20 bits per heavy atom. The van der Waals surface area contributed by atoms with E-state index in [4.69, 9.17) is 5.73 Å². The minimum atomic E-state index is -2.56. The highest BCUT2D eigenvalue weighted by Gasteiger charge is 2.11. The molecule has 0 heterocycles. The van der Waals surface area contributed by atoms with Crippen LogP contribution in [0.4, 0.5) is 14.5 Å². The molecule has 0 aliphatic heterocycles. The van der Waals surface area contributed by atoms with Gasteiger partial charge in [-0.1, -0.05) is 11.6 Å². The zero-order chi connectivity index (χ0) is 11.4. The minimum Gasteiger partial charge on any atom is -0.398 e. The highest BCUT2D eigenvalue weighted by Crippen LogP contribution is 2.13. The van der Waals surface area contributed by atoms with Gasteiger partial charge in [0.1, 0.15) is 0 Å². The summed E-state index contributed by atoms with van der Waals surface area (Å²) in [4.78, 5) is 11.4. The highest BCUT2D eigenvalue weighted by molar-refractivity contribution is 5.99. The summed E-state index contributed by atoms with van der Waals surface area (Å²) in [5.74, 6) is -0.573. The summed E-state index contributed by atoms with van der Waals surface area (Å²) in [6.07, 6.45) is -2.56. The Labute approximate surface area is 86.3 Å². The molecule has 1 aromatic rings. The number of anilines is 1. The van der Waals surface area contributed by atoms with Crippen LogP contribution in [0.15, 0.2) is 18.2 Å². The fourth-order valence-electron chi connectivity index (χ4n) is 1.13. The third kappa shape index (κ3) is 3.19. The van der Waals surface area contributed by atoms with Crippen molar-refractivity contribution in [2.75, 3.05) is 12.3 Å². The van der Waals surface area contributed by atoms with Gasteiger partial charge in [-0.15, -0.1) is 0 Å². The number of rotatable bonds is 3. The molecule has 0 saturated heterocycles. The lowest BCUT2D eigenvalue weighted by molar-refractivity contribution is 0.0892. The van der Waals surface area contributed by atoms with Crippen LogP contribution in [-0.2, 0) is 0 Å². The molecule has 3 N–H and O–H groups in total. The second-order valence-electron chi connectivity index (χ2n) is 3.19. The number of benzene rings is 1. The second kappa shape index (κ2) is 4.72. The van der Waals surface area contributed by atoms with Gasteiger partial charge in [0, 0.05) is 5.69 Å². The van der Waals surface area contributed by atoms with Crippen molar-refractivity contribution in [1.82, 2.24) is 5.32 Å². The van der Waals surface area contributed by atoms with E-state index in [1.54, 1.807) is 25.1 Å². The van der Waals surface area contributed by atoms with Crippen molar-refractivity contribution < 1.29 is 13.6 Å². The van der Waals surface area contributed by atoms with Crippen LogP contribution < -0.4 is 11.1 Å². The number of carbonyl (C=O) groups excluding carboxylic acids is 1. The molecule has 0 aromatic heterocycles. The van der Waals surface area contributed by atoms with E-state index in [1.807, 2.05) is 0 Å². The number of nitrogens with one attached hydrogen (secondary N) is 1. The second-order valence-corrected chi connectivity index (χ2v) is 3.19. The molecule has 0 saturated carbocycles. The van der Waals surface area contributed by atoms with E-state index in [2.05, 4.69) is 5.32 Å². The topological polar surface area (TPSA) is 55.1 Å². The molecule has 0 radical (unpaired) electrons. The van der Waals surface area contributed by atoms with Gasteiger partial charge in [0.25, 0.3) is 12.3 Å². The molecule has 15 heavy (non-hydrogen) atoms. The van der Waals surface area contributed by atoms with Gasteiger partial charge in [-0.25, -0.2) is 8.78 Å². The van der Waals surface area contributed by atoms with E-state index >= 15 is 0 Å². The normalized spacial score (nSPS) is 10.4. The fourth-order valence-corrected chi connectivity index (χ4v) is 1.13. The summed E-state index contributed by atoms with van der Waals surface area (Å²) in [5.41, 5.74) is 6.92. The van der Waals surface area contributed by atoms with Crippen LogP contribution in [0.5, 0.6) is 0 Å². The smallest absolute Gasteiger partial charge is 0.255 e. The van der Waals surface area contributed by atoms with Gasteiger partial charge in [-0.3, -0.25) is 4.79 Å². The average Bonchev–Trinajstić information content (AvgIpc) is 2.18. The van der Waals surface area contributed by atoms with Crippen molar-refractivity contribution in [3.63, 3.8) is 0 Å². The van der Waals surface area contributed by atoms with Gasteiger partial charge in [-0.05, 0) is 19.1 Å². The molecule has 1 aromatic carbocycles. The van der Waals surface area contributed by atoms with Crippen molar-refractivity contribution in [2.45, 2.75) is 13.3 Å². The standard InChI is InChI=1S/C10H12F2N2O/c1-6-2-3-8(13)7(4-6)10(15)14-5-9(11)12/h2-4,9H,5,13H2,1H3,(H,14,15). The Bertz CT molecular complexity index is 366. The van der Waals surface area contributed by atoms with Crippen molar-refractivity contribution in [2.24, 2.45) is 0 Å². The van der Waals surface area contributed by atoms with Crippen molar-refractivity contribution in [3.8, 4) is 0 Å². The highest BCUT2D eigenvalue weighted by atomic mass is 19.3. The van der Waals surface area contributed by atoms with Crippen molar-refractivity contribution in [1.29, 1.82) is 0 Å². The molecular formula is C10H12F2N2O. The summed E-state index contributed by atoms with van der Waals surface area (Å²) >= 11 is 0. The Kier molecular flexibility index (Phi) is 3.60. The lowest BCUT2D eigenvalue weighted by atomic mass is 10.1. The zero-order valence-electron chi connectivity index (χ0n) is 8.26. The summed E-state index contributed by atoms with van der Waals surface area (Å²) in [6.45, 7) is 1.13. The molecule has 0 aliphatic carbocycles. The Morgan fingerprint density at radius 1 is 1.53 bits per heavy atom. The predicted octanol–water partition coefficient (Wildman–Crippen LogP) is 1.57. The summed E-state index contributed by atoms with van der Waals surface area (Å²) in [7, 11) is 0. The molecule has 82 valence electrons. The number of alkyl halides is 2. The molecule has 0 atom stereocenters. The first-order valence-corrected chi connectivity index (χ1v) is 4.43. The van der Waals surface area contributed by atoms with E-state index < -0.39 is 18.9 Å². The van der Waals surface area contributed by atoms with Crippen molar-refractivity contribution in [3.05, 3.63) is 29.3 Å². The van der Waals surface area contributed by atoms with Gasteiger partial charge < -0.3 is 11.1 Å². The minimum absolute atomic E-state index is 0.232. The molecular weight excluding hydrogens is 202 g/mol. The molecule has 0 unspecified atom stereocenters. The molecule has 5 heteroatoms. The van der Waals surface area contributed by atoms with Gasteiger partial charge in [0.15, 0.2) is 0 Å². The predicted molar refractivity (Wildman–Crippen MR) is 53.9 cm³/mol. The SMILES string of the molecule is Cc1ccc(N)c(C(=O)NCC(F)F)c1. The van der Waals surface area contributed by atoms with E-state index in [9.17, 15) is 13.6 Å². The third-order valence-electron chi connectivity index (χ3n) is 1.87. The zero-order valence-corrected chi connectivity index (χ0v) is 8.26. The third-order valence-corrected chi connectivity index (χ3v) is 1.87. The monoisotopic (exact) mass is 214 g/mol. The number of hydrogen-bond donors (Lipinski definition) is 2. The lowest BCUT2D eigenvalue weighted by Crippen LogP contribution is -2.29. The van der Waals surface area contributed by atoms with Gasteiger partial charge >= 0.3 is 0 Å². The summed E-state index contributed by atoms with van der Waals surface area (Å²) < 4.78 is 23.7. The number of hydrogen-bond acceptors (Lipinski definition) is 2. The first kappa shape index (κ1) is 11.4. The molecule has 0 spiro atoms. The maximum atomic E-state index is 11.8. The number of aryl methyl sites for hydroxylation is 1.